The van der Waals surface area contributed by atoms with Gasteiger partial charge in [0.2, 0.25) is 0 Å². The summed E-state index contributed by atoms with van der Waals surface area (Å²) in [6.07, 6.45) is -0.0995. The maximum atomic E-state index is 10.7. The molecule has 0 radical (unpaired) electrons. The standard InChI is InChI=1S/C11H12N2O3/c1-13-8-4-3-5-9(16-2)11(8)7(12-13)6-10(14)15/h3-5H,6H2,1-2H3,(H,14,15). The van der Waals surface area contributed by atoms with Crippen molar-refractivity contribution in [1.82, 2.24) is 9.78 Å². The summed E-state index contributed by atoms with van der Waals surface area (Å²) in [6, 6.07) is 5.54. The average Bonchev–Trinajstić information content (AvgIpc) is 2.55. The molecule has 2 aromatic rings. The van der Waals surface area contributed by atoms with Gasteiger partial charge in [0.15, 0.2) is 0 Å². The van der Waals surface area contributed by atoms with Gasteiger partial charge in [-0.1, -0.05) is 6.07 Å². The fraction of sp³-hybridized carbons (Fsp3) is 0.273. The first-order chi connectivity index (χ1) is 7.63. The summed E-state index contributed by atoms with van der Waals surface area (Å²) in [7, 11) is 3.35. The number of ether oxygens (including phenoxy) is 1. The Bertz CT molecular complexity index is 545. The molecule has 0 spiro atoms. The number of hydrogen-bond donors (Lipinski definition) is 1. The minimum absolute atomic E-state index is 0.0995. The van der Waals surface area contributed by atoms with Crippen molar-refractivity contribution in [3.05, 3.63) is 23.9 Å². The summed E-state index contributed by atoms with van der Waals surface area (Å²) in [5, 5.41) is 13.8. The third kappa shape index (κ3) is 1.60. The van der Waals surface area contributed by atoms with E-state index in [-0.39, 0.29) is 6.42 Å². The highest BCUT2D eigenvalue weighted by molar-refractivity contribution is 5.90. The Morgan fingerprint density at radius 1 is 1.56 bits per heavy atom. The number of benzene rings is 1. The molecule has 1 N–H and O–H groups in total. The summed E-state index contributed by atoms with van der Waals surface area (Å²) in [5.74, 6) is -0.243. The number of aliphatic carboxylic acids is 1. The molecule has 1 aromatic heterocycles. The fourth-order valence-corrected chi connectivity index (χ4v) is 1.80. The van der Waals surface area contributed by atoms with Crippen molar-refractivity contribution in [3.8, 4) is 5.75 Å². The van der Waals surface area contributed by atoms with Crippen LogP contribution in [-0.2, 0) is 18.3 Å². The van der Waals surface area contributed by atoms with Gasteiger partial charge < -0.3 is 9.84 Å². The van der Waals surface area contributed by atoms with E-state index < -0.39 is 5.97 Å². The van der Waals surface area contributed by atoms with E-state index in [1.54, 1.807) is 24.9 Å². The maximum Gasteiger partial charge on any atom is 0.309 e. The number of carboxylic acids is 1. The van der Waals surface area contributed by atoms with Crippen LogP contribution in [0, 0.1) is 0 Å². The van der Waals surface area contributed by atoms with Crippen LogP contribution in [0.5, 0.6) is 5.75 Å². The van der Waals surface area contributed by atoms with Gasteiger partial charge in [0, 0.05) is 7.05 Å². The van der Waals surface area contributed by atoms with Crippen LogP contribution >= 0.6 is 0 Å². The second-order valence-electron chi connectivity index (χ2n) is 3.50. The van der Waals surface area contributed by atoms with Crippen LogP contribution in [0.1, 0.15) is 5.69 Å². The molecule has 0 bridgehead atoms. The highest BCUT2D eigenvalue weighted by Crippen LogP contribution is 2.28. The van der Waals surface area contributed by atoms with E-state index in [0.717, 1.165) is 10.9 Å². The second kappa shape index (κ2) is 3.84. The first-order valence-corrected chi connectivity index (χ1v) is 4.84. The summed E-state index contributed by atoms with van der Waals surface area (Å²) < 4.78 is 6.88. The van der Waals surface area contributed by atoms with Crippen LogP contribution in [-0.4, -0.2) is 28.0 Å². The van der Waals surface area contributed by atoms with Gasteiger partial charge in [-0.3, -0.25) is 9.48 Å². The topological polar surface area (TPSA) is 64.3 Å². The summed E-state index contributed by atoms with van der Waals surface area (Å²) in [6.45, 7) is 0. The third-order valence-corrected chi connectivity index (χ3v) is 2.45. The predicted octanol–water partition coefficient (Wildman–Crippen LogP) is 1.21. The first-order valence-electron chi connectivity index (χ1n) is 4.84. The lowest BCUT2D eigenvalue weighted by molar-refractivity contribution is -0.136. The molecule has 0 unspecified atom stereocenters. The number of carboxylic acid groups (broad SMARTS) is 1. The van der Waals surface area contributed by atoms with Crippen LogP contribution in [0.3, 0.4) is 0 Å². The number of hydrogen-bond acceptors (Lipinski definition) is 3. The molecule has 2 rings (SSSR count). The molecular weight excluding hydrogens is 208 g/mol. The van der Waals surface area contributed by atoms with Crippen molar-refractivity contribution in [2.45, 2.75) is 6.42 Å². The summed E-state index contributed by atoms with van der Waals surface area (Å²) in [4.78, 5) is 10.7. The molecule has 1 heterocycles. The Morgan fingerprint density at radius 3 is 2.94 bits per heavy atom. The van der Waals surface area contributed by atoms with Gasteiger partial charge in [0.1, 0.15) is 5.75 Å². The van der Waals surface area contributed by atoms with Gasteiger partial charge in [-0.15, -0.1) is 0 Å². The van der Waals surface area contributed by atoms with Gasteiger partial charge in [-0.2, -0.15) is 5.10 Å². The van der Waals surface area contributed by atoms with Crippen LogP contribution < -0.4 is 4.74 Å². The zero-order valence-electron chi connectivity index (χ0n) is 9.10. The molecule has 0 aliphatic heterocycles. The molecule has 0 amide bonds. The van der Waals surface area contributed by atoms with E-state index in [2.05, 4.69) is 5.10 Å². The normalized spacial score (nSPS) is 10.6. The molecule has 0 aliphatic carbocycles. The fourth-order valence-electron chi connectivity index (χ4n) is 1.80. The minimum Gasteiger partial charge on any atom is -0.496 e. The van der Waals surface area contributed by atoms with E-state index in [4.69, 9.17) is 9.84 Å². The number of methoxy groups -OCH3 is 1. The van der Waals surface area contributed by atoms with Crippen molar-refractivity contribution < 1.29 is 14.6 Å². The molecule has 5 nitrogen and oxygen atoms in total. The number of nitrogens with zero attached hydrogens (tertiary/aromatic N) is 2. The van der Waals surface area contributed by atoms with Gasteiger partial charge in [0.05, 0.1) is 30.1 Å². The largest absolute Gasteiger partial charge is 0.496 e. The lowest BCUT2D eigenvalue weighted by Gasteiger charge is -2.02. The van der Waals surface area contributed by atoms with E-state index in [1.165, 1.54) is 0 Å². The zero-order chi connectivity index (χ0) is 11.7. The monoisotopic (exact) mass is 220 g/mol. The van der Waals surface area contributed by atoms with Gasteiger partial charge in [-0.25, -0.2) is 0 Å². The minimum atomic E-state index is -0.897. The highest BCUT2D eigenvalue weighted by Gasteiger charge is 2.15. The van der Waals surface area contributed by atoms with Gasteiger partial charge in [0.25, 0.3) is 0 Å². The number of aryl methyl sites for hydroxylation is 1. The van der Waals surface area contributed by atoms with Crippen molar-refractivity contribution in [3.63, 3.8) is 0 Å². The van der Waals surface area contributed by atoms with Crippen LogP contribution in [0.4, 0.5) is 0 Å². The first kappa shape index (κ1) is 10.5. The van der Waals surface area contributed by atoms with Crippen LogP contribution in [0.25, 0.3) is 10.9 Å². The lowest BCUT2D eigenvalue weighted by Crippen LogP contribution is -2.02. The lowest BCUT2D eigenvalue weighted by atomic mass is 10.1. The van der Waals surface area contributed by atoms with E-state index in [9.17, 15) is 4.79 Å². The SMILES string of the molecule is COc1cccc2c1c(CC(=O)O)nn2C. The molecule has 0 atom stereocenters. The van der Waals surface area contributed by atoms with Crippen molar-refractivity contribution >= 4 is 16.9 Å². The zero-order valence-corrected chi connectivity index (χ0v) is 9.10. The Balaban J connectivity index is 2.69. The van der Waals surface area contributed by atoms with E-state index in [1.807, 2.05) is 12.1 Å². The quantitative estimate of drug-likeness (QED) is 0.844. The molecule has 0 saturated carbocycles. The smallest absolute Gasteiger partial charge is 0.309 e. The highest BCUT2D eigenvalue weighted by atomic mass is 16.5. The van der Waals surface area contributed by atoms with Crippen molar-refractivity contribution in [2.24, 2.45) is 7.05 Å². The average molecular weight is 220 g/mol. The molecule has 0 saturated heterocycles. The van der Waals surface area contributed by atoms with Crippen molar-refractivity contribution in [1.29, 1.82) is 0 Å². The van der Waals surface area contributed by atoms with E-state index >= 15 is 0 Å². The molecule has 0 aliphatic rings. The number of fused-ring (bicyclic) bond motifs is 1. The second-order valence-corrected chi connectivity index (χ2v) is 3.50. The summed E-state index contributed by atoms with van der Waals surface area (Å²) in [5.41, 5.74) is 1.40. The molecule has 1 aromatic carbocycles. The van der Waals surface area contributed by atoms with Crippen LogP contribution in [0.2, 0.25) is 0 Å². The molecular formula is C11H12N2O3. The number of aromatic nitrogens is 2. The third-order valence-electron chi connectivity index (χ3n) is 2.45. The molecule has 5 heteroatoms. The molecule has 0 fully saturated rings. The summed E-state index contributed by atoms with van der Waals surface area (Å²) >= 11 is 0. The van der Waals surface area contributed by atoms with Gasteiger partial charge in [-0.05, 0) is 12.1 Å². The number of rotatable bonds is 3. The predicted molar refractivity (Wildman–Crippen MR) is 58.6 cm³/mol. The van der Waals surface area contributed by atoms with E-state index in [0.29, 0.717) is 11.4 Å². The Kier molecular flexibility index (Phi) is 2.52. The molecule has 84 valence electrons. The maximum absolute atomic E-state index is 10.7. The van der Waals surface area contributed by atoms with Crippen LogP contribution in [0.15, 0.2) is 18.2 Å². The Labute approximate surface area is 92.2 Å². The molecule has 16 heavy (non-hydrogen) atoms. The Morgan fingerprint density at radius 2 is 2.31 bits per heavy atom. The Hall–Kier alpha value is -2.04. The van der Waals surface area contributed by atoms with Gasteiger partial charge >= 0.3 is 5.97 Å². The number of carbonyl (C=O) groups is 1. The van der Waals surface area contributed by atoms with Crippen molar-refractivity contribution in [2.75, 3.05) is 7.11 Å².